The van der Waals surface area contributed by atoms with E-state index in [0.717, 1.165) is 27.9 Å². The number of nitrogens with one attached hydrogen (secondary N) is 5. The predicted octanol–water partition coefficient (Wildman–Crippen LogP) is -1.56. The first kappa shape index (κ1) is 41.2. The highest BCUT2D eigenvalue weighted by Crippen LogP contribution is 2.30. The quantitative estimate of drug-likeness (QED) is 0.176. The summed E-state index contributed by atoms with van der Waals surface area (Å²) in [6.07, 6.45) is -1.13. The van der Waals surface area contributed by atoms with Crippen molar-refractivity contribution in [3.63, 3.8) is 0 Å². The number of fused-ring (bicyclic) bond motifs is 1. The van der Waals surface area contributed by atoms with Gasteiger partial charge in [-0.15, -0.1) is 11.3 Å². The molecule has 53 heavy (non-hydrogen) atoms. The summed E-state index contributed by atoms with van der Waals surface area (Å²) < 4.78 is 0. The third kappa shape index (κ3) is 10.7. The van der Waals surface area contributed by atoms with Crippen LogP contribution in [-0.2, 0) is 33.6 Å². The van der Waals surface area contributed by atoms with Crippen molar-refractivity contribution < 1.29 is 38.7 Å². The number of hydrogen-bond acceptors (Lipinski definition) is 12. The number of hydrogen-bond donors (Lipinski definition) is 8. The van der Waals surface area contributed by atoms with Gasteiger partial charge in [-0.2, -0.15) is 11.8 Å². The summed E-state index contributed by atoms with van der Waals surface area (Å²) >= 11 is 2.58. The van der Waals surface area contributed by atoms with E-state index in [1.165, 1.54) is 16.2 Å². The van der Waals surface area contributed by atoms with Crippen LogP contribution < -0.4 is 38.1 Å². The van der Waals surface area contributed by atoms with E-state index in [-0.39, 0.29) is 37.4 Å². The minimum Gasteiger partial charge on any atom is -0.391 e. The van der Waals surface area contributed by atoms with Crippen LogP contribution in [0.1, 0.15) is 50.9 Å². The molecule has 4 rings (SSSR count). The average Bonchev–Trinajstić information content (AvgIpc) is 3.72. The van der Waals surface area contributed by atoms with Gasteiger partial charge in [0.2, 0.25) is 41.4 Å². The molecule has 17 nitrogen and oxygen atoms in total. The van der Waals surface area contributed by atoms with Crippen LogP contribution in [0.2, 0.25) is 0 Å². The fourth-order valence-corrected chi connectivity index (χ4v) is 7.57. The van der Waals surface area contributed by atoms with Gasteiger partial charge in [0.25, 0.3) is 0 Å². The van der Waals surface area contributed by atoms with Gasteiger partial charge in [0.1, 0.15) is 30.2 Å². The van der Waals surface area contributed by atoms with Crippen LogP contribution in [0.4, 0.5) is 0 Å². The van der Waals surface area contributed by atoms with Gasteiger partial charge in [0, 0.05) is 19.5 Å². The molecule has 6 atom stereocenters. The van der Waals surface area contributed by atoms with Crippen LogP contribution in [0.15, 0.2) is 29.8 Å². The number of benzene rings is 1. The van der Waals surface area contributed by atoms with Crippen molar-refractivity contribution in [1.82, 2.24) is 36.5 Å². The molecule has 0 radical (unpaired) electrons. The fourth-order valence-electron chi connectivity index (χ4n) is 5.94. The largest absolute Gasteiger partial charge is 0.391 e. The van der Waals surface area contributed by atoms with Gasteiger partial charge in [0.05, 0.1) is 34.5 Å². The van der Waals surface area contributed by atoms with E-state index in [0.29, 0.717) is 5.56 Å². The van der Waals surface area contributed by atoms with Crippen molar-refractivity contribution in [2.75, 3.05) is 31.1 Å². The number of amides is 7. The number of aryl methyl sites for hydroxylation is 1. The molecule has 0 saturated carbocycles. The van der Waals surface area contributed by atoms with E-state index in [1.54, 1.807) is 50.5 Å². The zero-order valence-corrected chi connectivity index (χ0v) is 31.6. The topological polar surface area (TPSA) is 268 Å². The molecule has 2 saturated heterocycles. The molecule has 7 amide bonds. The number of carbonyl (C=O) groups is 7. The van der Waals surface area contributed by atoms with Crippen molar-refractivity contribution in [2.24, 2.45) is 16.9 Å². The average molecular weight is 774 g/mol. The summed E-state index contributed by atoms with van der Waals surface area (Å²) in [6.45, 7) is 5.97. The van der Waals surface area contributed by atoms with Crippen LogP contribution in [0.5, 0.6) is 0 Å². The Morgan fingerprint density at radius 2 is 1.68 bits per heavy atom. The Kier molecular flexibility index (Phi) is 13.9. The van der Waals surface area contributed by atoms with Gasteiger partial charge < -0.3 is 48.1 Å². The minimum absolute atomic E-state index is 0.0522. The van der Waals surface area contributed by atoms with Gasteiger partial charge in [-0.05, 0) is 35.6 Å². The fraction of sp³-hybridized carbons (Fsp3) is 0.529. The summed E-state index contributed by atoms with van der Waals surface area (Å²) in [5, 5.41) is 23.5. The summed E-state index contributed by atoms with van der Waals surface area (Å²) in [4.78, 5) is 99.3. The number of nitrogens with zero attached hydrogens (tertiary/aromatic N) is 2. The van der Waals surface area contributed by atoms with Crippen LogP contribution >= 0.6 is 23.1 Å². The molecular formula is C34H47N9O8S2. The highest BCUT2D eigenvalue weighted by atomic mass is 32.2. The Labute approximate surface area is 315 Å². The molecule has 19 heteroatoms. The Morgan fingerprint density at radius 3 is 2.28 bits per heavy atom. The predicted molar refractivity (Wildman–Crippen MR) is 198 cm³/mol. The molecule has 0 bridgehead atoms. The Hall–Kier alpha value is -4.59. The van der Waals surface area contributed by atoms with Crippen molar-refractivity contribution in [3.05, 3.63) is 41.0 Å². The maximum absolute atomic E-state index is 14.1. The molecule has 2 aromatic rings. The molecular weight excluding hydrogens is 727 g/mol. The van der Waals surface area contributed by atoms with E-state index in [9.17, 15) is 38.7 Å². The third-order valence-electron chi connectivity index (χ3n) is 8.84. The van der Waals surface area contributed by atoms with E-state index in [4.69, 9.17) is 11.5 Å². The molecule has 288 valence electrons. The summed E-state index contributed by atoms with van der Waals surface area (Å²) in [5.74, 6) is -4.90. The molecule has 0 aliphatic carbocycles. The summed E-state index contributed by atoms with van der Waals surface area (Å²) in [6, 6.07) is 0.737. The van der Waals surface area contributed by atoms with Crippen LogP contribution in [-0.4, -0.2) is 118 Å². The smallest absolute Gasteiger partial charge is 0.247 e. The standard InChI is InChI=1S/C34H47N9O8S2/c1-17-27(53-16-38-17)19-7-5-18(6-8-19)26-32(50)37-13-24(45)39-22(12-35)30(48)40-21(29(36)47)9-10-52-15-25(46)41-28(34(2,3)4)33(51)43-14-20(44)11-23(43)31(49)42-26/h5-8,16,20-23,26,28,44H,9-15,35H2,1-4H3,(H2,36,47)(H,37,50)(H,39,45)(H,40,48)(H,41,46)(H,42,49)/t20-,21-,22-,23+,26-,28-/m1/s1. The first-order valence-corrected chi connectivity index (χ1v) is 19.1. The second kappa shape index (κ2) is 18.0. The molecule has 0 spiro atoms. The normalized spacial score (nSPS) is 26.2. The van der Waals surface area contributed by atoms with E-state index >= 15 is 0 Å². The molecule has 1 aromatic carbocycles. The third-order valence-corrected chi connectivity index (χ3v) is 10.8. The number of thioether (sulfide) groups is 1. The van der Waals surface area contributed by atoms with Crippen LogP contribution in [0, 0.1) is 12.3 Å². The molecule has 2 aliphatic rings. The van der Waals surface area contributed by atoms with Gasteiger partial charge in [-0.1, -0.05) is 45.0 Å². The second-order valence-electron chi connectivity index (χ2n) is 14.0. The van der Waals surface area contributed by atoms with E-state index in [2.05, 4.69) is 31.6 Å². The summed E-state index contributed by atoms with van der Waals surface area (Å²) in [5.41, 5.74) is 14.1. The van der Waals surface area contributed by atoms with Gasteiger partial charge in [0.15, 0.2) is 0 Å². The van der Waals surface area contributed by atoms with E-state index < -0.39 is 89.6 Å². The number of aliphatic hydroxyl groups excluding tert-OH is 1. The van der Waals surface area contributed by atoms with Crippen molar-refractivity contribution in [2.45, 2.75) is 76.8 Å². The number of rotatable bonds is 4. The maximum atomic E-state index is 14.1. The Balaban J connectivity index is 1.68. The molecule has 10 N–H and O–H groups in total. The zero-order chi connectivity index (χ0) is 39.0. The number of primary amides is 1. The lowest BCUT2D eigenvalue weighted by molar-refractivity contribution is -0.144. The van der Waals surface area contributed by atoms with Crippen LogP contribution in [0.3, 0.4) is 0 Å². The first-order chi connectivity index (χ1) is 25.0. The zero-order valence-electron chi connectivity index (χ0n) is 30.0. The van der Waals surface area contributed by atoms with Crippen LogP contribution in [0.25, 0.3) is 10.4 Å². The first-order valence-electron chi connectivity index (χ1n) is 17.0. The number of carbonyl (C=O) groups excluding carboxylic acids is 7. The van der Waals surface area contributed by atoms with E-state index in [1.807, 2.05) is 6.92 Å². The highest BCUT2D eigenvalue weighted by molar-refractivity contribution is 7.99. The molecule has 2 aliphatic heterocycles. The monoisotopic (exact) mass is 773 g/mol. The summed E-state index contributed by atoms with van der Waals surface area (Å²) in [7, 11) is 0. The van der Waals surface area contributed by atoms with Gasteiger partial charge in [-0.3, -0.25) is 33.6 Å². The molecule has 2 fully saturated rings. The molecule has 3 heterocycles. The lowest BCUT2D eigenvalue weighted by atomic mass is 9.85. The number of aromatic nitrogens is 1. The van der Waals surface area contributed by atoms with Gasteiger partial charge in [-0.25, -0.2) is 4.98 Å². The number of thiazole rings is 1. The lowest BCUT2D eigenvalue weighted by Gasteiger charge is -2.35. The number of aliphatic hydroxyl groups is 1. The van der Waals surface area contributed by atoms with Gasteiger partial charge >= 0.3 is 0 Å². The Morgan fingerprint density at radius 1 is 0.981 bits per heavy atom. The lowest BCUT2D eigenvalue weighted by Crippen LogP contribution is -2.58. The van der Waals surface area contributed by atoms with Crippen molar-refractivity contribution in [1.29, 1.82) is 0 Å². The number of nitrogens with two attached hydrogens (primary N) is 2. The maximum Gasteiger partial charge on any atom is 0.247 e. The highest BCUT2D eigenvalue weighted by Gasteiger charge is 2.45. The molecule has 0 unspecified atom stereocenters. The SMILES string of the molecule is Cc1ncsc1-c1ccc([C@H]2NC(=O)[C@@H]3C[C@@H](O)CN3C(=O)[C@H](C(C)(C)C)NC(=O)CSCC[C@H](C(N)=O)NC(=O)[C@@H](CN)NC(=O)CNC2=O)cc1. The molecule has 1 aromatic heterocycles. The Bertz CT molecular complexity index is 1700. The second-order valence-corrected chi connectivity index (χ2v) is 15.9. The van der Waals surface area contributed by atoms with Crippen molar-refractivity contribution in [3.8, 4) is 10.4 Å². The minimum atomic E-state index is -1.36. The van der Waals surface area contributed by atoms with Crippen molar-refractivity contribution >= 4 is 64.4 Å².